The number of allylic oxidation sites excluding steroid dienone is 2. The quantitative estimate of drug-likeness (QED) is 0.658. The number of fused-ring (bicyclic) bond motifs is 2. The van der Waals surface area contributed by atoms with Crippen molar-refractivity contribution in [3.05, 3.63) is 12.2 Å². The van der Waals surface area contributed by atoms with E-state index in [1.54, 1.807) is 0 Å². The third kappa shape index (κ3) is 1.10. The maximum atomic E-state index is 5.70. The molecule has 13 heavy (non-hydrogen) atoms. The van der Waals surface area contributed by atoms with E-state index >= 15 is 0 Å². The highest BCUT2D eigenvalue weighted by Gasteiger charge is 2.54. The van der Waals surface area contributed by atoms with E-state index in [4.69, 9.17) is 5.73 Å². The van der Waals surface area contributed by atoms with Crippen molar-refractivity contribution in [1.29, 1.82) is 0 Å². The smallest absolute Gasteiger partial charge is 0.00719 e. The van der Waals surface area contributed by atoms with Gasteiger partial charge in [0.15, 0.2) is 0 Å². The Balaban J connectivity index is 1.76. The van der Waals surface area contributed by atoms with Crippen molar-refractivity contribution < 1.29 is 0 Å². The highest BCUT2D eigenvalue weighted by atomic mass is 14.6. The zero-order valence-electron chi connectivity index (χ0n) is 8.21. The van der Waals surface area contributed by atoms with Crippen LogP contribution in [0, 0.1) is 23.2 Å². The molecule has 0 aromatic rings. The summed E-state index contributed by atoms with van der Waals surface area (Å²) in [6, 6.07) is 0. The Morgan fingerprint density at radius 1 is 1.23 bits per heavy atom. The van der Waals surface area contributed by atoms with Crippen LogP contribution >= 0.6 is 0 Å². The SMILES string of the molecule is NCCC1(C2CC3C=CC2C3)CC1. The Kier molecular flexibility index (Phi) is 1.61. The summed E-state index contributed by atoms with van der Waals surface area (Å²) >= 11 is 0. The number of hydrogen-bond donors (Lipinski definition) is 1. The minimum absolute atomic E-state index is 0.707. The molecular weight excluding hydrogens is 158 g/mol. The van der Waals surface area contributed by atoms with E-state index in [9.17, 15) is 0 Å². The largest absolute Gasteiger partial charge is 0.330 e. The van der Waals surface area contributed by atoms with Crippen molar-refractivity contribution in [3.8, 4) is 0 Å². The van der Waals surface area contributed by atoms with Gasteiger partial charge in [0.2, 0.25) is 0 Å². The Morgan fingerprint density at radius 3 is 2.54 bits per heavy atom. The lowest BCUT2D eigenvalue weighted by Crippen LogP contribution is -2.23. The lowest BCUT2D eigenvalue weighted by molar-refractivity contribution is 0.250. The van der Waals surface area contributed by atoms with Gasteiger partial charge in [-0.1, -0.05) is 12.2 Å². The molecule has 3 rings (SSSR count). The summed E-state index contributed by atoms with van der Waals surface area (Å²) in [5, 5.41) is 0. The first kappa shape index (κ1) is 8.05. The first-order valence-electron chi connectivity index (χ1n) is 5.72. The molecule has 3 atom stereocenters. The zero-order valence-corrected chi connectivity index (χ0v) is 8.21. The van der Waals surface area contributed by atoms with E-state index in [-0.39, 0.29) is 0 Å². The van der Waals surface area contributed by atoms with E-state index in [2.05, 4.69) is 12.2 Å². The van der Waals surface area contributed by atoms with Gasteiger partial charge in [-0.05, 0) is 61.8 Å². The minimum Gasteiger partial charge on any atom is -0.330 e. The summed E-state index contributed by atoms with van der Waals surface area (Å²) in [7, 11) is 0. The molecule has 2 N–H and O–H groups in total. The number of rotatable bonds is 3. The third-order valence-corrected chi connectivity index (χ3v) is 4.60. The lowest BCUT2D eigenvalue weighted by atomic mass is 9.77. The fourth-order valence-electron chi connectivity index (χ4n) is 3.74. The topological polar surface area (TPSA) is 26.0 Å². The second-order valence-electron chi connectivity index (χ2n) is 5.29. The van der Waals surface area contributed by atoms with Gasteiger partial charge in [-0.25, -0.2) is 0 Å². The van der Waals surface area contributed by atoms with Gasteiger partial charge in [-0.15, -0.1) is 0 Å². The minimum atomic E-state index is 0.707. The average Bonchev–Trinajstić information content (AvgIpc) is 2.62. The van der Waals surface area contributed by atoms with Crippen LogP contribution < -0.4 is 5.73 Å². The molecule has 0 aromatic carbocycles. The highest BCUT2D eigenvalue weighted by molar-refractivity contribution is 5.16. The van der Waals surface area contributed by atoms with E-state index in [1.165, 1.54) is 32.1 Å². The molecule has 0 saturated heterocycles. The van der Waals surface area contributed by atoms with Crippen molar-refractivity contribution in [3.63, 3.8) is 0 Å². The second kappa shape index (κ2) is 2.60. The van der Waals surface area contributed by atoms with Gasteiger partial charge in [-0.2, -0.15) is 0 Å². The molecule has 1 nitrogen and oxygen atoms in total. The molecule has 0 heterocycles. The van der Waals surface area contributed by atoms with Crippen molar-refractivity contribution in [2.45, 2.75) is 32.1 Å². The van der Waals surface area contributed by atoms with E-state index < -0.39 is 0 Å². The van der Waals surface area contributed by atoms with Gasteiger partial charge < -0.3 is 5.73 Å². The molecule has 1 heteroatoms. The van der Waals surface area contributed by atoms with Gasteiger partial charge in [0.25, 0.3) is 0 Å². The van der Waals surface area contributed by atoms with E-state index in [0.29, 0.717) is 5.41 Å². The maximum absolute atomic E-state index is 5.70. The molecule has 0 amide bonds. The molecular formula is C12H19N. The number of hydrogen-bond acceptors (Lipinski definition) is 1. The predicted octanol–water partition coefficient (Wildman–Crippen LogP) is 2.33. The zero-order chi connectivity index (χ0) is 8.89. The van der Waals surface area contributed by atoms with Crippen LogP contribution in [0.1, 0.15) is 32.1 Å². The standard InChI is InChI=1S/C12H19N/c13-6-5-12(3-4-12)11-8-9-1-2-10(11)7-9/h1-2,9-11H,3-8,13H2. The third-order valence-electron chi connectivity index (χ3n) is 4.60. The lowest BCUT2D eigenvalue weighted by Gasteiger charge is -2.28. The molecule has 2 bridgehead atoms. The summed E-state index contributed by atoms with van der Waals surface area (Å²) in [5.74, 6) is 2.87. The fourth-order valence-corrected chi connectivity index (χ4v) is 3.74. The number of nitrogens with two attached hydrogens (primary N) is 1. The Labute approximate surface area is 80.4 Å². The van der Waals surface area contributed by atoms with Gasteiger partial charge in [0.1, 0.15) is 0 Å². The maximum Gasteiger partial charge on any atom is -0.00719 e. The molecule has 0 radical (unpaired) electrons. The second-order valence-corrected chi connectivity index (χ2v) is 5.29. The fraction of sp³-hybridized carbons (Fsp3) is 0.833. The van der Waals surface area contributed by atoms with Gasteiger partial charge in [0.05, 0.1) is 0 Å². The molecule has 72 valence electrons. The first-order chi connectivity index (χ1) is 6.34. The molecule has 2 saturated carbocycles. The van der Waals surface area contributed by atoms with Crippen molar-refractivity contribution >= 4 is 0 Å². The molecule has 2 fully saturated rings. The average molecular weight is 177 g/mol. The summed E-state index contributed by atoms with van der Waals surface area (Å²) in [6.45, 7) is 0.900. The first-order valence-corrected chi connectivity index (χ1v) is 5.72. The van der Waals surface area contributed by atoms with Crippen molar-refractivity contribution in [2.75, 3.05) is 6.54 Å². The van der Waals surface area contributed by atoms with Gasteiger partial charge >= 0.3 is 0 Å². The monoisotopic (exact) mass is 177 g/mol. The van der Waals surface area contributed by atoms with Crippen LogP contribution in [-0.4, -0.2) is 6.54 Å². The normalized spacial score (nSPS) is 44.2. The summed E-state index contributed by atoms with van der Waals surface area (Å²) in [6.07, 6.45) is 12.1. The van der Waals surface area contributed by atoms with Crippen LogP contribution in [0.15, 0.2) is 12.2 Å². The van der Waals surface area contributed by atoms with Crippen LogP contribution in [0.5, 0.6) is 0 Å². The highest BCUT2D eigenvalue weighted by Crippen LogP contribution is 2.63. The van der Waals surface area contributed by atoms with E-state index in [1.807, 2.05) is 0 Å². The van der Waals surface area contributed by atoms with Gasteiger partial charge in [-0.3, -0.25) is 0 Å². The molecule has 3 aliphatic rings. The van der Waals surface area contributed by atoms with Crippen LogP contribution in [0.3, 0.4) is 0 Å². The molecule has 0 spiro atoms. The Hall–Kier alpha value is -0.300. The van der Waals surface area contributed by atoms with Crippen molar-refractivity contribution in [2.24, 2.45) is 28.9 Å². The summed E-state index contributed by atoms with van der Waals surface area (Å²) in [4.78, 5) is 0. The summed E-state index contributed by atoms with van der Waals surface area (Å²) < 4.78 is 0. The van der Waals surface area contributed by atoms with Crippen LogP contribution in [0.4, 0.5) is 0 Å². The van der Waals surface area contributed by atoms with Gasteiger partial charge in [0, 0.05) is 0 Å². The summed E-state index contributed by atoms with van der Waals surface area (Å²) in [5.41, 5.74) is 6.41. The van der Waals surface area contributed by atoms with Crippen LogP contribution in [0.2, 0.25) is 0 Å². The molecule has 3 unspecified atom stereocenters. The predicted molar refractivity (Wildman–Crippen MR) is 54.2 cm³/mol. The Bertz CT molecular complexity index is 240. The molecule has 0 aromatic heterocycles. The van der Waals surface area contributed by atoms with Crippen LogP contribution in [0.25, 0.3) is 0 Å². The van der Waals surface area contributed by atoms with Crippen molar-refractivity contribution in [1.82, 2.24) is 0 Å². The molecule has 3 aliphatic carbocycles. The molecule has 0 aliphatic heterocycles. The van der Waals surface area contributed by atoms with E-state index in [0.717, 1.165) is 24.3 Å². The van der Waals surface area contributed by atoms with Crippen LogP contribution in [-0.2, 0) is 0 Å². The Morgan fingerprint density at radius 2 is 2.08 bits per heavy atom.